The molecule has 1 rings (SSSR count). The Kier molecular flexibility index (Phi) is 3.02. The normalized spacial score (nSPS) is 10.5. The summed E-state index contributed by atoms with van der Waals surface area (Å²) in [5.74, 6) is 0. The number of rotatable bonds is 3. The van der Waals surface area contributed by atoms with Crippen LogP contribution in [-0.4, -0.2) is 26.7 Å². The maximum atomic E-state index is 8.55. The summed E-state index contributed by atoms with van der Waals surface area (Å²) in [6.45, 7) is 0.197. The molecule has 1 heterocycles. The molecule has 0 radical (unpaired) electrons. The van der Waals surface area contributed by atoms with Gasteiger partial charge in [-0.1, -0.05) is 0 Å². The summed E-state index contributed by atoms with van der Waals surface area (Å²) >= 11 is 3.27. The number of aromatic nitrogens is 3. The van der Waals surface area contributed by atoms with E-state index in [1.807, 2.05) is 0 Å². The second-order valence-electron chi connectivity index (χ2n) is 2.25. The predicted octanol–water partition coefficient (Wildman–Crippen LogP) is 0.502. The van der Waals surface area contributed by atoms with E-state index in [2.05, 4.69) is 26.1 Å². The number of hydrogen-bond acceptors (Lipinski definition) is 3. The first-order chi connectivity index (χ1) is 5.24. The molecule has 0 aliphatic carbocycles. The van der Waals surface area contributed by atoms with E-state index in [0.717, 1.165) is 23.1 Å². The minimum atomic E-state index is 0.197. The van der Waals surface area contributed by atoms with Gasteiger partial charge in [0.15, 0.2) is 4.60 Å². The van der Waals surface area contributed by atoms with E-state index in [1.54, 1.807) is 7.05 Å². The molecular weight excluding hydrogens is 210 g/mol. The van der Waals surface area contributed by atoms with E-state index in [1.165, 1.54) is 4.80 Å². The molecule has 1 aromatic heterocycles. The fourth-order valence-corrected chi connectivity index (χ4v) is 1.33. The second-order valence-corrected chi connectivity index (χ2v) is 3.01. The van der Waals surface area contributed by atoms with Crippen LogP contribution in [0.1, 0.15) is 12.1 Å². The van der Waals surface area contributed by atoms with E-state index >= 15 is 0 Å². The van der Waals surface area contributed by atoms with Crippen molar-refractivity contribution in [3.63, 3.8) is 0 Å². The van der Waals surface area contributed by atoms with Gasteiger partial charge in [-0.2, -0.15) is 9.90 Å². The van der Waals surface area contributed by atoms with Crippen molar-refractivity contribution in [3.05, 3.63) is 10.3 Å². The van der Waals surface area contributed by atoms with Gasteiger partial charge < -0.3 is 5.11 Å². The second kappa shape index (κ2) is 3.82. The standard InChI is InChI=1S/C6H10BrN3O/c1-10-8-5(3-2-4-11)6(7)9-10/h11H,2-4H2,1H3. The Bertz CT molecular complexity index is 236. The molecule has 11 heavy (non-hydrogen) atoms. The number of aliphatic hydroxyl groups excluding tert-OH is 1. The van der Waals surface area contributed by atoms with Crippen molar-refractivity contribution < 1.29 is 5.11 Å². The van der Waals surface area contributed by atoms with Gasteiger partial charge in [0, 0.05) is 13.7 Å². The highest BCUT2D eigenvalue weighted by Gasteiger charge is 2.04. The van der Waals surface area contributed by atoms with Crippen LogP contribution >= 0.6 is 15.9 Å². The lowest BCUT2D eigenvalue weighted by Crippen LogP contribution is -1.94. The molecule has 0 saturated heterocycles. The smallest absolute Gasteiger partial charge is 0.151 e. The maximum absolute atomic E-state index is 8.55. The Morgan fingerprint density at radius 2 is 2.27 bits per heavy atom. The fourth-order valence-electron chi connectivity index (χ4n) is 0.823. The molecule has 0 spiro atoms. The molecule has 1 N–H and O–H groups in total. The zero-order chi connectivity index (χ0) is 8.27. The van der Waals surface area contributed by atoms with Gasteiger partial charge >= 0.3 is 0 Å². The highest BCUT2D eigenvalue weighted by Crippen LogP contribution is 2.11. The van der Waals surface area contributed by atoms with Crippen LogP contribution < -0.4 is 0 Å². The van der Waals surface area contributed by atoms with Crippen LogP contribution in [-0.2, 0) is 13.5 Å². The average molecular weight is 220 g/mol. The molecule has 0 fully saturated rings. The first-order valence-electron chi connectivity index (χ1n) is 3.40. The summed E-state index contributed by atoms with van der Waals surface area (Å²) in [5.41, 5.74) is 0.904. The van der Waals surface area contributed by atoms with Gasteiger partial charge in [0.2, 0.25) is 0 Å². The lowest BCUT2D eigenvalue weighted by Gasteiger charge is -1.91. The molecular formula is C6H10BrN3O. The van der Waals surface area contributed by atoms with Crippen LogP contribution in [0.15, 0.2) is 4.60 Å². The molecule has 0 saturated carbocycles. The number of hydrogen-bond donors (Lipinski definition) is 1. The molecule has 0 aliphatic rings. The molecule has 5 heteroatoms. The molecule has 1 aromatic rings. The lowest BCUT2D eigenvalue weighted by atomic mass is 10.3. The van der Waals surface area contributed by atoms with E-state index in [4.69, 9.17) is 5.11 Å². The van der Waals surface area contributed by atoms with E-state index in [9.17, 15) is 0 Å². The van der Waals surface area contributed by atoms with Crippen LogP contribution in [0.5, 0.6) is 0 Å². The zero-order valence-corrected chi connectivity index (χ0v) is 7.87. The van der Waals surface area contributed by atoms with Crippen molar-refractivity contribution in [3.8, 4) is 0 Å². The monoisotopic (exact) mass is 219 g/mol. The zero-order valence-electron chi connectivity index (χ0n) is 6.29. The minimum Gasteiger partial charge on any atom is -0.396 e. The maximum Gasteiger partial charge on any atom is 0.151 e. The van der Waals surface area contributed by atoms with Gasteiger partial charge in [-0.05, 0) is 28.8 Å². The average Bonchev–Trinajstić information content (AvgIpc) is 2.26. The molecule has 0 amide bonds. The summed E-state index contributed by atoms with van der Waals surface area (Å²) < 4.78 is 0.772. The lowest BCUT2D eigenvalue weighted by molar-refractivity contribution is 0.288. The third kappa shape index (κ3) is 2.27. The van der Waals surface area contributed by atoms with Crippen LogP contribution in [0.4, 0.5) is 0 Å². The first-order valence-corrected chi connectivity index (χ1v) is 4.20. The summed E-state index contributed by atoms with van der Waals surface area (Å²) in [4.78, 5) is 1.51. The molecule has 4 nitrogen and oxygen atoms in total. The Morgan fingerprint density at radius 1 is 1.55 bits per heavy atom. The van der Waals surface area contributed by atoms with Crippen molar-refractivity contribution in [1.29, 1.82) is 0 Å². The Labute approximate surface area is 73.3 Å². The predicted molar refractivity (Wildman–Crippen MR) is 44.1 cm³/mol. The van der Waals surface area contributed by atoms with Crippen LogP contribution in [0, 0.1) is 0 Å². The van der Waals surface area contributed by atoms with Crippen molar-refractivity contribution in [1.82, 2.24) is 15.0 Å². The highest BCUT2D eigenvalue weighted by molar-refractivity contribution is 9.10. The number of aliphatic hydroxyl groups is 1. The molecule has 0 aliphatic heterocycles. The fraction of sp³-hybridized carbons (Fsp3) is 0.667. The van der Waals surface area contributed by atoms with Gasteiger partial charge in [-0.3, -0.25) is 0 Å². The summed E-state index contributed by atoms with van der Waals surface area (Å²) in [5, 5.41) is 16.7. The Morgan fingerprint density at radius 3 is 2.73 bits per heavy atom. The van der Waals surface area contributed by atoms with E-state index in [0.29, 0.717) is 0 Å². The third-order valence-electron chi connectivity index (χ3n) is 1.31. The van der Waals surface area contributed by atoms with Crippen LogP contribution in [0.2, 0.25) is 0 Å². The SMILES string of the molecule is Cn1nc(Br)c(CCCO)n1. The Hall–Kier alpha value is -0.420. The Balaban J connectivity index is 2.62. The van der Waals surface area contributed by atoms with Crippen molar-refractivity contribution >= 4 is 15.9 Å². The first kappa shape index (κ1) is 8.67. The van der Waals surface area contributed by atoms with Gasteiger partial charge in [0.05, 0.1) is 5.69 Å². The molecule has 62 valence electrons. The van der Waals surface area contributed by atoms with E-state index in [-0.39, 0.29) is 6.61 Å². The summed E-state index contributed by atoms with van der Waals surface area (Å²) in [6.07, 6.45) is 1.50. The minimum absolute atomic E-state index is 0.197. The highest BCUT2D eigenvalue weighted by atomic mass is 79.9. The van der Waals surface area contributed by atoms with Crippen LogP contribution in [0.25, 0.3) is 0 Å². The largest absolute Gasteiger partial charge is 0.396 e. The van der Waals surface area contributed by atoms with Gasteiger partial charge in [-0.25, -0.2) is 0 Å². The quantitative estimate of drug-likeness (QED) is 0.806. The van der Waals surface area contributed by atoms with Gasteiger partial charge in [0.25, 0.3) is 0 Å². The molecule has 0 aromatic carbocycles. The van der Waals surface area contributed by atoms with E-state index < -0.39 is 0 Å². The van der Waals surface area contributed by atoms with Crippen LogP contribution in [0.3, 0.4) is 0 Å². The molecule has 0 atom stereocenters. The topological polar surface area (TPSA) is 50.9 Å². The van der Waals surface area contributed by atoms with Gasteiger partial charge in [-0.15, -0.1) is 5.10 Å². The number of nitrogens with zero attached hydrogens (tertiary/aromatic N) is 3. The van der Waals surface area contributed by atoms with Crippen molar-refractivity contribution in [2.24, 2.45) is 7.05 Å². The summed E-state index contributed by atoms with van der Waals surface area (Å²) in [7, 11) is 1.77. The van der Waals surface area contributed by atoms with Crippen molar-refractivity contribution in [2.75, 3.05) is 6.61 Å². The number of halogens is 1. The summed E-state index contributed by atoms with van der Waals surface area (Å²) in [6, 6.07) is 0. The van der Waals surface area contributed by atoms with Crippen molar-refractivity contribution in [2.45, 2.75) is 12.8 Å². The van der Waals surface area contributed by atoms with Gasteiger partial charge in [0.1, 0.15) is 0 Å². The molecule has 0 bridgehead atoms. The third-order valence-corrected chi connectivity index (χ3v) is 1.92. The number of aryl methyl sites for hydroxylation is 2. The molecule has 0 unspecified atom stereocenters.